The van der Waals surface area contributed by atoms with Gasteiger partial charge in [0.25, 0.3) is 0 Å². The van der Waals surface area contributed by atoms with Gasteiger partial charge in [0.1, 0.15) is 5.75 Å². The van der Waals surface area contributed by atoms with Crippen molar-refractivity contribution in [3.63, 3.8) is 0 Å². The van der Waals surface area contributed by atoms with E-state index in [1.54, 1.807) is 12.1 Å². The maximum absolute atomic E-state index is 9.06. The summed E-state index contributed by atoms with van der Waals surface area (Å²) in [5, 5.41) is 26.8. The van der Waals surface area contributed by atoms with Crippen LogP contribution in [0.2, 0.25) is 0 Å². The molecule has 0 heterocycles. The first kappa shape index (κ1) is 11.0. The van der Waals surface area contributed by atoms with E-state index in [2.05, 4.69) is 0 Å². The fourth-order valence-electron chi connectivity index (χ4n) is 1.41. The first-order valence-corrected chi connectivity index (χ1v) is 4.76. The van der Waals surface area contributed by atoms with Crippen LogP contribution in [0.15, 0.2) is 24.3 Å². The average molecular weight is 196 g/mol. The van der Waals surface area contributed by atoms with Gasteiger partial charge in [-0.15, -0.1) is 0 Å². The van der Waals surface area contributed by atoms with E-state index in [-0.39, 0.29) is 24.9 Å². The second-order valence-electron chi connectivity index (χ2n) is 3.43. The summed E-state index contributed by atoms with van der Waals surface area (Å²) in [5.41, 5.74) is 1.07. The Morgan fingerprint density at radius 3 is 2.21 bits per heavy atom. The molecule has 0 fully saturated rings. The summed E-state index contributed by atoms with van der Waals surface area (Å²) in [7, 11) is 0. The average Bonchev–Trinajstić information content (AvgIpc) is 2.20. The molecule has 1 rings (SSSR count). The molecule has 14 heavy (non-hydrogen) atoms. The van der Waals surface area contributed by atoms with Gasteiger partial charge >= 0.3 is 0 Å². The highest BCUT2D eigenvalue weighted by atomic mass is 16.3. The molecule has 3 N–H and O–H groups in total. The number of phenolic OH excluding ortho intramolecular Hbond substituents is 1. The zero-order valence-corrected chi connectivity index (χ0v) is 8.06. The summed E-state index contributed by atoms with van der Waals surface area (Å²) in [5.74, 6) is 0.348. The molecular weight excluding hydrogens is 180 g/mol. The number of aliphatic hydroxyl groups excluding tert-OH is 2. The molecule has 3 nitrogen and oxygen atoms in total. The highest BCUT2D eigenvalue weighted by Crippen LogP contribution is 2.15. The smallest absolute Gasteiger partial charge is 0.115 e. The minimum absolute atomic E-state index is 0.0848. The Morgan fingerprint density at radius 2 is 1.71 bits per heavy atom. The van der Waals surface area contributed by atoms with Crippen molar-refractivity contribution >= 4 is 0 Å². The monoisotopic (exact) mass is 196 g/mol. The lowest BCUT2D eigenvalue weighted by Crippen LogP contribution is -2.11. The Hall–Kier alpha value is -1.06. The largest absolute Gasteiger partial charge is 0.508 e. The van der Waals surface area contributed by atoms with Crippen molar-refractivity contribution in [3.8, 4) is 5.75 Å². The third-order valence-corrected chi connectivity index (χ3v) is 2.26. The molecule has 1 aromatic rings. The minimum Gasteiger partial charge on any atom is -0.508 e. The lowest BCUT2D eigenvalue weighted by atomic mass is 9.97. The lowest BCUT2D eigenvalue weighted by molar-refractivity contribution is 0.183. The molecule has 0 aromatic heterocycles. The SMILES string of the molecule is OCCC(CO)Cc1ccc(O)cc1. The van der Waals surface area contributed by atoms with E-state index < -0.39 is 0 Å². The van der Waals surface area contributed by atoms with Crippen molar-refractivity contribution in [3.05, 3.63) is 29.8 Å². The van der Waals surface area contributed by atoms with Gasteiger partial charge in [-0.05, 0) is 36.5 Å². The molecule has 0 bridgehead atoms. The molecule has 0 saturated heterocycles. The van der Waals surface area contributed by atoms with E-state index in [0.717, 1.165) is 12.0 Å². The van der Waals surface area contributed by atoms with Crippen LogP contribution < -0.4 is 0 Å². The highest BCUT2D eigenvalue weighted by Gasteiger charge is 2.07. The van der Waals surface area contributed by atoms with Crippen LogP contribution in [0.1, 0.15) is 12.0 Å². The normalized spacial score (nSPS) is 12.7. The van der Waals surface area contributed by atoms with Gasteiger partial charge in [-0.3, -0.25) is 0 Å². The van der Waals surface area contributed by atoms with Gasteiger partial charge < -0.3 is 15.3 Å². The van der Waals surface area contributed by atoms with Crippen LogP contribution in [0.4, 0.5) is 0 Å². The number of phenols is 1. The molecule has 0 amide bonds. The van der Waals surface area contributed by atoms with Gasteiger partial charge in [0, 0.05) is 13.2 Å². The van der Waals surface area contributed by atoms with Crippen LogP contribution in [0.3, 0.4) is 0 Å². The standard InChI is InChI=1S/C11H16O3/c12-6-5-10(8-13)7-9-1-3-11(14)4-2-9/h1-4,10,12-14H,5-8H2. The molecule has 0 spiro atoms. The molecule has 0 aliphatic rings. The van der Waals surface area contributed by atoms with Gasteiger partial charge in [0.15, 0.2) is 0 Å². The van der Waals surface area contributed by atoms with Crippen molar-refractivity contribution in [2.24, 2.45) is 5.92 Å². The van der Waals surface area contributed by atoms with Crippen molar-refractivity contribution < 1.29 is 15.3 Å². The Balaban J connectivity index is 2.53. The van der Waals surface area contributed by atoms with Gasteiger partial charge in [-0.1, -0.05) is 12.1 Å². The molecule has 0 radical (unpaired) electrons. The van der Waals surface area contributed by atoms with Crippen molar-refractivity contribution in [2.45, 2.75) is 12.8 Å². The Morgan fingerprint density at radius 1 is 1.07 bits per heavy atom. The molecule has 1 aromatic carbocycles. The third kappa shape index (κ3) is 3.36. The van der Waals surface area contributed by atoms with Crippen LogP contribution in [0.5, 0.6) is 5.75 Å². The van der Waals surface area contributed by atoms with Gasteiger partial charge in [0.2, 0.25) is 0 Å². The Bertz CT molecular complexity index is 256. The zero-order valence-electron chi connectivity index (χ0n) is 8.06. The highest BCUT2D eigenvalue weighted by molar-refractivity contribution is 5.26. The predicted molar refractivity (Wildman–Crippen MR) is 54.1 cm³/mol. The maximum Gasteiger partial charge on any atom is 0.115 e. The zero-order chi connectivity index (χ0) is 10.4. The number of hydrogen-bond acceptors (Lipinski definition) is 3. The van der Waals surface area contributed by atoms with Crippen molar-refractivity contribution in [1.29, 1.82) is 0 Å². The fraction of sp³-hybridized carbons (Fsp3) is 0.455. The Labute approximate surface area is 83.6 Å². The topological polar surface area (TPSA) is 60.7 Å². The number of aliphatic hydroxyl groups is 2. The molecule has 0 aliphatic carbocycles. The van der Waals surface area contributed by atoms with Gasteiger partial charge in [-0.2, -0.15) is 0 Å². The number of benzene rings is 1. The molecule has 1 atom stereocenters. The van der Waals surface area contributed by atoms with Crippen LogP contribution in [0, 0.1) is 5.92 Å². The fourth-order valence-corrected chi connectivity index (χ4v) is 1.41. The first-order chi connectivity index (χ1) is 6.76. The predicted octanol–water partition coefficient (Wildman–Crippen LogP) is 0.926. The molecule has 0 aliphatic heterocycles. The van der Waals surface area contributed by atoms with Gasteiger partial charge in [0.05, 0.1) is 0 Å². The molecule has 1 unspecified atom stereocenters. The summed E-state index contributed by atoms with van der Waals surface area (Å²) in [4.78, 5) is 0. The van der Waals surface area contributed by atoms with Gasteiger partial charge in [-0.25, -0.2) is 0 Å². The molecular formula is C11H16O3. The first-order valence-electron chi connectivity index (χ1n) is 4.76. The summed E-state index contributed by atoms with van der Waals surface area (Å²) < 4.78 is 0. The Kier molecular flexibility index (Phi) is 4.43. The van der Waals surface area contributed by atoms with E-state index in [1.165, 1.54) is 0 Å². The number of hydrogen-bond donors (Lipinski definition) is 3. The maximum atomic E-state index is 9.06. The number of aromatic hydroxyl groups is 1. The van der Waals surface area contributed by atoms with Crippen LogP contribution >= 0.6 is 0 Å². The van der Waals surface area contributed by atoms with Crippen LogP contribution in [-0.4, -0.2) is 28.5 Å². The molecule has 78 valence electrons. The quantitative estimate of drug-likeness (QED) is 0.656. The number of rotatable bonds is 5. The summed E-state index contributed by atoms with van der Waals surface area (Å²) in [6, 6.07) is 6.91. The van der Waals surface area contributed by atoms with E-state index in [4.69, 9.17) is 15.3 Å². The van der Waals surface area contributed by atoms with E-state index in [0.29, 0.717) is 6.42 Å². The van der Waals surface area contributed by atoms with E-state index >= 15 is 0 Å². The molecule has 0 saturated carbocycles. The second-order valence-corrected chi connectivity index (χ2v) is 3.43. The van der Waals surface area contributed by atoms with E-state index in [1.807, 2.05) is 12.1 Å². The van der Waals surface area contributed by atoms with E-state index in [9.17, 15) is 0 Å². The van der Waals surface area contributed by atoms with Crippen molar-refractivity contribution in [1.82, 2.24) is 0 Å². The van der Waals surface area contributed by atoms with Crippen LogP contribution in [0.25, 0.3) is 0 Å². The lowest BCUT2D eigenvalue weighted by Gasteiger charge is -2.12. The molecule has 3 heteroatoms. The summed E-state index contributed by atoms with van der Waals surface area (Å²) in [6.07, 6.45) is 1.34. The summed E-state index contributed by atoms with van der Waals surface area (Å²) in [6.45, 7) is 0.185. The second kappa shape index (κ2) is 5.62. The third-order valence-electron chi connectivity index (χ3n) is 2.26. The van der Waals surface area contributed by atoms with Crippen molar-refractivity contribution in [2.75, 3.05) is 13.2 Å². The summed E-state index contributed by atoms with van der Waals surface area (Å²) >= 11 is 0. The van der Waals surface area contributed by atoms with Crippen LogP contribution in [-0.2, 0) is 6.42 Å². The minimum atomic E-state index is 0.0848.